The van der Waals surface area contributed by atoms with Crippen LogP contribution in [0.25, 0.3) is 0 Å². The first kappa shape index (κ1) is 20.6. The predicted molar refractivity (Wildman–Crippen MR) is 107 cm³/mol. The van der Waals surface area contributed by atoms with Crippen LogP contribution in [-0.4, -0.2) is 49.0 Å². The molecule has 160 valence electrons. The lowest BCUT2D eigenvalue weighted by Gasteiger charge is -2.33. The molecule has 2 heterocycles. The van der Waals surface area contributed by atoms with Crippen LogP contribution in [0.2, 0.25) is 0 Å². The van der Waals surface area contributed by atoms with E-state index < -0.39 is 11.9 Å². The minimum absolute atomic E-state index is 0.00172. The van der Waals surface area contributed by atoms with Gasteiger partial charge >= 0.3 is 0 Å². The molecule has 0 radical (unpaired) electrons. The molecular formula is C23H38O5. The summed E-state index contributed by atoms with van der Waals surface area (Å²) in [5.74, 6) is 3.84. The van der Waals surface area contributed by atoms with Gasteiger partial charge in [0.1, 0.15) is 12.2 Å². The molecule has 0 aromatic heterocycles. The molecule has 4 aliphatic rings. The zero-order valence-electron chi connectivity index (χ0n) is 17.8. The molecule has 5 heteroatoms. The van der Waals surface area contributed by atoms with Gasteiger partial charge in [-0.3, -0.25) is 0 Å². The lowest BCUT2D eigenvalue weighted by molar-refractivity contribution is -0.197. The van der Waals surface area contributed by atoms with E-state index in [1.165, 1.54) is 0 Å². The van der Waals surface area contributed by atoms with Crippen molar-refractivity contribution in [3.63, 3.8) is 0 Å². The van der Waals surface area contributed by atoms with Crippen molar-refractivity contribution in [2.45, 2.75) is 83.4 Å². The van der Waals surface area contributed by atoms with Crippen LogP contribution in [0, 0.1) is 29.6 Å². The van der Waals surface area contributed by atoms with Gasteiger partial charge in [0.05, 0.1) is 11.4 Å². The summed E-state index contributed by atoms with van der Waals surface area (Å²) in [6.45, 7) is 12.9. The van der Waals surface area contributed by atoms with Crippen LogP contribution in [0.5, 0.6) is 0 Å². The molecule has 28 heavy (non-hydrogen) atoms. The van der Waals surface area contributed by atoms with Crippen molar-refractivity contribution in [1.29, 1.82) is 0 Å². The van der Waals surface area contributed by atoms with Crippen molar-refractivity contribution in [3.05, 3.63) is 12.3 Å². The largest absolute Gasteiger partial charge is 0.492 e. The van der Waals surface area contributed by atoms with Crippen LogP contribution in [0.1, 0.15) is 59.3 Å². The van der Waals surface area contributed by atoms with E-state index in [0.29, 0.717) is 36.0 Å². The van der Waals surface area contributed by atoms with Gasteiger partial charge in [0, 0.05) is 38.1 Å². The first-order valence-corrected chi connectivity index (χ1v) is 11.2. The average molecular weight is 395 g/mol. The highest BCUT2D eigenvalue weighted by molar-refractivity contribution is 5.17. The van der Waals surface area contributed by atoms with E-state index >= 15 is 0 Å². The first-order valence-electron chi connectivity index (χ1n) is 11.2. The summed E-state index contributed by atoms with van der Waals surface area (Å²) in [6.07, 6.45) is 5.30. The number of aliphatic hydroxyl groups excluding tert-OH is 1. The smallest absolute Gasteiger partial charge is 0.157 e. The first-order chi connectivity index (χ1) is 13.3. The Bertz CT molecular complexity index is 561. The summed E-state index contributed by atoms with van der Waals surface area (Å²) in [6, 6.07) is 0. The van der Waals surface area contributed by atoms with Gasteiger partial charge in [0.2, 0.25) is 0 Å². The molecule has 4 fully saturated rings. The predicted octanol–water partition coefficient (Wildman–Crippen LogP) is 3.90. The number of allylic oxidation sites excluding steroid dienone is 1. The summed E-state index contributed by atoms with van der Waals surface area (Å²) in [5, 5.41) is 10.6. The molecular weight excluding hydrogens is 356 g/mol. The highest BCUT2D eigenvalue weighted by atomic mass is 16.6. The van der Waals surface area contributed by atoms with E-state index in [2.05, 4.69) is 13.5 Å². The van der Waals surface area contributed by atoms with E-state index in [9.17, 15) is 5.11 Å². The fourth-order valence-electron chi connectivity index (χ4n) is 5.98. The third-order valence-electron chi connectivity index (χ3n) is 7.68. The highest BCUT2D eigenvalue weighted by Gasteiger charge is 2.60. The number of aliphatic hydroxyl groups is 1. The monoisotopic (exact) mass is 394 g/mol. The second kappa shape index (κ2) is 8.25. The zero-order valence-corrected chi connectivity index (χ0v) is 17.8. The van der Waals surface area contributed by atoms with Crippen molar-refractivity contribution >= 4 is 0 Å². The molecule has 0 aromatic carbocycles. The topological polar surface area (TPSA) is 57.2 Å². The molecule has 4 rings (SSSR count). The van der Waals surface area contributed by atoms with Crippen molar-refractivity contribution in [2.24, 2.45) is 29.6 Å². The fraction of sp³-hybridized carbons (Fsp3) is 0.913. The van der Waals surface area contributed by atoms with E-state index in [1.54, 1.807) is 0 Å². The average Bonchev–Trinajstić information content (AvgIpc) is 3.18. The number of hydrogen-bond acceptors (Lipinski definition) is 5. The molecule has 2 aliphatic carbocycles. The number of hydrogen-bond donors (Lipinski definition) is 1. The van der Waals surface area contributed by atoms with E-state index in [-0.39, 0.29) is 12.2 Å². The Labute approximate surface area is 169 Å². The van der Waals surface area contributed by atoms with Crippen molar-refractivity contribution in [3.8, 4) is 0 Å². The number of rotatable bonds is 8. The maximum Gasteiger partial charge on any atom is 0.157 e. The Morgan fingerprint density at radius 1 is 1.25 bits per heavy atom. The zero-order chi connectivity index (χ0) is 19.9. The van der Waals surface area contributed by atoms with Crippen molar-refractivity contribution in [2.75, 3.05) is 19.8 Å². The van der Waals surface area contributed by atoms with Gasteiger partial charge in [0.15, 0.2) is 6.29 Å². The molecule has 8 atom stereocenters. The Hall–Kier alpha value is -0.620. The second-order valence-corrected chi connectivity index (χ2v) is 10.1. The third-order valence-corrected chi connectivity index (χ3v) is 7.68. The lowest BCUT2D eigenvalue weighted by Crippen LogP contribution is -2.40. The number of ether oxygens (including phenoxy) is 4. The van der Waals surface area contributed by atoms with Gasteiger partial charge in [-0.2, -0.15) is 0 Å². The minimum Gasteiger partial charge on any atom is -0.492 e. The SMILES string of the molecule is C=C1OC2C3CC(CC13)C2OC(O)CC(C)(C)OCCC1CCOCCC1C. The molecule has 2 saturated heterocycles. The maximum absolute atomic E-state index is 10.6. The van der Waals surface area contributed by atoms with Gasteiger partial charge in [-0.05, 0) is 63.7 Å². The summed E-state index contributed by atoms with van der Waals surface area (Å²) in [5.41, 5.74) is -0.413. The van der Waals surface area contributed by atoms with E-state index in [1.807, 2.05) is 13.8 Å². The standard InChI is InChI=1S/C23H38O5/c1-14-5-8-25-9-6-16(14)7-10-26-23(3,4)13-20(24)28-21-17-11-18-15(2)27-22(21)19(18)12-17/h14,16-22,24H,2,5-13H2,1,3-4H3. The van der Waals surface area contributed by atoms with Crippen LogP contribution in [-0.2, 0) is 18.9 Å². The molecule has 8 unspecified atom stereocenters. The Balaban J connectivity index is 1.21. The molecule has 0 amide bonds. The van der Waals surface area contributed by atoms with Gasteiger partial charge in [-0.1, -0.05) is 13.5 Å². The van der Waals surface area contributed by atoms with E-state index in [0.717, 1.165) is 57.7 Å². The fourth-order valence-corrected chi connectivity index (χ4v) is 5.98. The van der Waals surface area contributed by atoms with Gasteiger partial charge in [-0.15, -0.1) is 0 Å². The molecule has 0 spiro atoms. The summed E-state index contributed by atoms with van der Waals surface area (Å²) in [7, 11) is 0. The summed E-state index contributed by atoms with van der Waals surface area (Å²) >= 11 is 0. The van der Waals surface area contributed by atoms with Crippen LogP contribution in [0.3, 0.4) is 0 Å². The van der Waals surface area contributed by atoms with Crippen LogP contribution >= 0.6 is 0 Å². The van der Waals surface area contributed by atoms with E-state index in [4.69, 9.17) is 18.9 Å². The molecule has 2 saturated carbocycles. The highest BCUT2D eigenvalue weighted by Crippen LogP contribution is 2.58. The molecule has 2 bridgehead atoms. The maximum atomic E-state index is 10.6. The van der Waals surface area contributed by atoms with Crippen molar-refractivity contribution < 1.29 is 24.1 Å². The quantitative estimate of drug-likeness (QED) is 0.633. The van der Waals surface area contributed by atoms with Gasteiger partial charge in [-0.25, -0.2) is 0 Å². The van der Waals surface area contributed by atoms with Gasteiger partial charge in [0.25, 0.3) is 0 Å². The number of fused-ring (bicyclic) bond motifs is 1. The normalized spacial score (nSPS) is 41.1. The molecule has 1 N–H and O–H groups in total. The summed E-state index contributed by atoms with van der Waals surface area (Å²) < 4.78 is 23.8. The Kier molecular flexibility index (Phi) is 6.08. The van der Waals surface area contributed by atoms with Crippen molar-refractivity contribution in [1.82, 2.24) is 0 Å². The Morgan fingerprint density at radius 3 is 2.86 bits per heavy atom. The minimum atomic E-state index is -0.819. The molecule has 5 nitrogen and oxygen atoms in total. The lowest BCUT2D eigenvalue weighted by atomic mass is 9.87. The molecule has 2 aliphatic heterocycles. The van der Waals surface area contributed by atoms with Crippen LogP contribution in [0.4, 0.5) is 0 Å². The summed E-state index contributed by atoms with van der Waals surface area (Å²) in [4.78, 5) is 0. The van der Waals surface area contributed by atoms with Gasteiger partial charge < -0.3 is 24.1 Å². The second-order valence-electron chi connectivity index (χ2n) is 10.1. The van der Waals surface area contributed by atoms with Crippen LogP contribution in [0.15, 0.2) is 12.3 Å². The molecule has 0 aromatic rings. The Morgan fingerprint density at radius 2 is 2.04 bits per heavy atom. The third kappa shape index (κ3) is 4.28. The van der Waals surface area contributed by atoms with Crippen LogP contribution < -0.4 is 0 Å².